The summed E-state index contributed by atoms with van der Waals surface area (Å²) >= 11 is 0. The van der Waals surface area contributed by atoms with Crippen LogP contribution in [-0.2, 0) is 17.8 Å². The standard InChI is InChI=1S/C17H17NO2/c1-2-20-17(19)13-7-9-16(10-8-13)18-11-14-5-3-4-6-15(14)12-18/h3-10H,2,11-12H2,1H3. The molecule has 0 aliphatic carbocycles. The van der Waals surface area contributed by atoms with Crippen molar-refractivity contribution in [2.75, 3.05) is 11.5 Å². The van der Waals surface area contributed by atoms with Gasteiger partial charge < -0.3 is 9.64 Å². The van der Waals surface area contributed by atoms with Gasteiger partial charge in [0.1, 0.15) is 0 Å². The van der Waals surface area contributed by atoms with Crippen molar-refractivity contribution in [2.45, 2.75) is 20.0 Å². The molecule has 0 radical (unpaired) electrons. The molecule has 1 aliphatic heterocycles. The Morgan fingerprint density at radius 1 is 1.05 bits per heavy atom. The van der Waals surface area contributed by atoms with E-state index in [0.29, 0.717) is 12.2 Å². The Labute approximate surface area is 118 Å². The molecule has 0 saturated heterocycles. The van der Waals surface area contributed by atoms with E-state index in [9.17, 15) is 4.79 Å². The van der Waals surface area contributed by atoms with Gasteiger partial charge >= 0.3 is 5.97 Å². The smallest absolute Gasteiger partial charge is 0.338 e. The van der Waals surface area contributed by atoms with E-state index < -0.39 is 0 Å². The van der Waals surface area contributed by atoms with Gasteiger partial charge in [-0.15, -0.1) is 0 Å². The summed E-state index contributed by atoms with van der Waals surface area (Å²) in [5.74, 6) is -0.260. The number of rotatable bonds is 3. The Bertz CT molecular complexity index is 594. The molecule has 3 heteroatoms. The summed E-state index contributed by atoms with van der Waals surface area (Å²) in [6.45, 7) is 4.07. The summed E-state index contributed by atoms with van der Waals surface area (Å²) in [6, 6.07) is 16.1. The molecular formula is C17H17NO2. The van der Waals surface area contributed by atoms with Gasteiger partial charge in [-0.25, -0.2) is 4.79 Å². The fourth-order valence-electron chi connectivity index (χ4n) is 2.54. The number of anilines is 1. The molecule has 0 N–H and O–H groups in total. The van der Waals surface area contributed by atoms with Crippen molar-refractivity contribution in [1.82, 2.24) is 0 Å². The SMILES string of the molecule is CCOC(=O)c1ccc(N2Cc3ccccc3C2)cc1. The highest BCUT2D eigenvalue weighted by molar-refractivity contribution is 5.89. The van der Waals surface area contributed by atoms with Crippen LogP contribution in [0.1, 0.15) is 28.4 Å². The summed E-state index contributed by atoms with van der Waals surface area (Å²) in [7, 11) is 0. The van der Waals surface area contributed by atoms with Crippen LogP contribution in [0.4, 0.5) is 5.69 Å². The summed E-state index contributed by atoms with van der Waals surface area (Å²) in [5, 5.41) is 0. The first kappa shape index (κ1) is 12.7. The fraction of sp³-hybridized carbons (Fsp3) is 0.235. The molecule has 0 spiro atoms. The second-order valence-corrected chi connectivity index (χ2v) is 4.89. The molecule has 0 amide bonds. The number of hydrogen-bond acceptors (Lipinski definition) is 3. The van der Waals surface area contributed by atoms with E-state index in [1.165, 1.54) is 11.1 Å². The van der Waals surface area contributed by atoms with Crippen molar-refractivity contribution >= 4 is 11.7 Å². The lowest BCUT2D eigenvalue weighted by molar-refractivity contribution is 0.0526. The summed E-state index contributed by atoms with van der Waals surface area (Å²) in [6.07, 6.45) is 0. The van der Waals surface area contributed by atoms with E-state index in [-0.39, 0.29) is 5.97 Å². The number of fused-ring (bicyclic) bond motifs is 1. The molecule has 2 aromatic carbocycles. The maximum atomic E-state index is 11.6. The summed E-state index contributed by atoms with van der Waals surface area (Å²) < 4.78 is 4.99. The van der Waals surface area contributed by atoms with E-state index >= 15 is 0 Å². The van der Waals surface area contributed by atoms with E-state index in [1.54, 1.807) is 0 Å². The number of carbonyl (C=O) groups excluding carboxylic acids is 1. The molecule has 20 heavy (non-hydrogen) atoms. The van der Waals surface area contributed by atoms with Crippen LogP contribution < -0.4 is 4.90 Å². The van der Waals surface area contributed by atoms with Crippen molar-refractivity contribution in [3.63, 3.8) is 0 Å². The first-order chi connectivity index (χ1) is 9.78. The van der Waals surface area contributed by atoms with Crippen LogP contribution in [0.5, 0.6) is 0 Å². The zero-order valence-corrected chi connectivity index (χ0v) is 11.5. The van der Waals surface area contributed by atoms with Crippen LogP contribution >= 0.6 is 0 Å². The van der Waals surface area contributed by atoms with E-state index in [0.717, 1.165) is 18.8 Å². The van der Waals surface area contributed by atoms with Gasteiger partial charge in [-0.2, -0.15) is 0 Å². The van der Waals surface area contributed by atoms with Crippen LogP contribution in [0, 0.1) is 0 Å². The molecule has 0 unspecified atom stereocenters. The van der Waals surface area contributed by atoms with E-state index in [4.69, 9.17) is 4.74 Å². The highest BCUT2D eigenvalue weighted by Gasteiger charge is 2.18. The van der Waals surface area contributed by atoms with Crippen molar-refractivity contribution in [3.8, 4) is 0 Å². The Balaban J connectivity index is 1.75. The molecule has 3 rings (SSSR count). The Morgan fingerprint density at radius 2 is 1.65 bits per heavy atom. The molecule has 0 bridgehead atoms. The minimum atomic E-state index is -0.260. The second-order valence-electron chi connectivity index (χ2n) is 4.89. The Morgan fingerprint density at radius 3 is 2.20 bits per heavy atom. The number of ether oxygens (including phenoxy) is 1. The zero-order valence-electron chi connectivity index (χ0n) is 11.5. The first-order valence-corrected chi connectivity index (χ1v) is 6.87. The molecular weight excluding hydrogens is 250 g/mol. The average Bonchev–Trinajstić information content (AvgIpc) is 2.91. The first-order valence-electron chi connectivity index (χ1n) is 6.87. The van der Waals surface area contributed by atoms with Crippen molar-refractivity contribution in [2.24, 2.45) is 0 Å². The number of esters is 1. The maximum absolute atomic E-state index is 11.6. The van der Waals surface area contributed by atoms with Crippen molar-refractivity contribution in [3.05, 3.63) is 65.2 Å². The predicted molar refractivity (Wildman–Crippen MR) is 78.7 cm³/mol. The van der Waals surface area contributed by atoms with E-state index in [1.807, 2.05) is 31.2 Å². The summed E-state index contributed by atoms with van der Waals surface area (Å²) in [4.78, 5) is 13.9. The van der Waals surface area contributed by atoms with Gasteiger partial charge in [0.2, 0.25) is 0 Å². The molecule has 0 saturated carbocycles. The Hall–Kier alpha value is -2.29. The molecule has 3 nitrogen and oxygen atoms in total. The lowest BCUT2D eigenvalue weighted by Gasteiger charge is -2.17. The maximum Gasteiger partial charge on any atom is 0.338 e. The van der Waals surface area contributed by atoms with Gasteiger partial charge in [0, 0.05) is 18.8 Å². The summed E-state index contributed by atoms with van der Waals surface area (Å²) in [5.41, 5.74) is 4.49. The molecule has 0 atom stereocenters. The Kier molecular flexibility index (Phi) is 3.42. The van der Waals surface area contributed by atoms with Gasteiger partial charge in [0.05, 0.1) is 12.2 Å². The molecule has 1 heterocycles. The van der Waals surface area contributed by atoms with Crippen LogP contribution in [0.15, 0.2) is 48.5 Å². The van der Waals surface area contributed by atoms with Crippen LogP contribution in [0.2, 0.25) is 0 Å². The number of benzene rings is 2. The topological polar surface area (TPSA) is 29.5 Å². The highest BCUT2D eigenvalue weighted by Crippen LogP contribution is 2.28. The minimum Gasteiger partial charge on any atom is -0.462 e. The number of carbonyl (C=O) groups is 1. The monoisotopic (exact) mass is 267 g/mol. The zero-order chi connectivity index (χ0) is 13.9. The molecule has 0 fully saturated rings. The third-order valence-electron chi connectivity index (χ3n) is 3.58. The quantitative estimate of drug-likeness (QED) is 0.798. The molecule has 102 valence electrons. The van der Waals surface area contributed by atoms with Crippen LogP contribution in [0.3, 0.4) is 0 Å². The third-order valence-corrected chi connectivity index (χ3v) is 3.58. The van der Waals surface area contributed by atoms with Crippen LogP contribution in [0.25, 0.3) is 0 Å². The largest absolute Gasteiger partial charge is 0.462 e. The van der Waals surface area contributed by atoms with E-state index in [2.05, 4.69) is 29.2 Å². The highest BCUT2D eigenvalue weighted by atomic mass is 16.5. The lowest BCUT2D eigenvalue weighted by atomic mass is 10.1. The van der Waals surface area contributed by atoms with Gasteiger partial charge in [-0.1, -0.05) is 24.3 Å². The molecule has 0 aromatic heterocycles. The number of nitrogens with zero attached hydrogens (tertiary/aromatic N) is 1. The van der Waals surface area contributed by atoms with Gasteiger partial charge in [-0.3, -0.25) is 0 Å². The second kappa shape index (κ2) is 5.37. The number of hydrogen-bond donors (Lipinski definition) is 0. The third kappa shape index (κ3) is 2.39. The van der Waals surface area contributed by atoms with Crippen LogP contribution in [-0.4, -0.2) is 12.6 Å². The normalized spacial score (nSPS) is 13.2. The average molecular weight is 267 g/mol. The molecule has 2 aromatic rings. The van der Waals surface area contributed by atoms with Crippen molar-refractivity contribution < 1.29 is 9.53 Å². The molecule has 1 aliphatic rings. The minimum absolute atomic E-state index is 0.260. The van der Waals surface area contributed by atoms with Gasteiger partial charge in [-0.05, 0) is 42.3 Å². The van der Waals surface area contributed by atoms with Gasteiger partial charge in [0.15, 0.2) is 0 Å². The fourth-order valence-corrected chi connectivity index (χ4v) is 2.54. The van der Waals surface area contributed by atoms with Crippen molar-refractivity contribution in [1.29, 1.82) is 0 Å². The lowest BCUT2D eigenvalue weighted by Crippen LogP contribution is -2.14. The van der Waals surface area contributed by atoms with Gasteiger partial charge in [0.25, 0.3) is 0 Å². The predicted octanol–water partition coefficient (Wildman–Crippen LogP) is 3.38.